The van der Waals surface area contributed by atoms with Crippen molar-refractivity contribution in [3.05, 3.63) is 71.5 Å². The average molecular weight is 328 g/mol. The second-order valence-electron chi connectivity index (χ2n) is 5.65. The molecule has 0 aromatic heterocycles. The molecule has 5 heteroatoms. The summed E-state index contributed by atoms with van der Waals surface area (Å²) in [5, 5.41) is 2.84. The minimum atomic E-state index is -0.615. The number of hydrogen-bond acceptors (Lipinski definition) is 2. The van der Waals surface area contributed by atoms with Crippen LogP contribution in [0.2, 0.25) is 0 Å². The van der Waals surface area contributed by atoms with Gasteiger partial charge in [0.2, 0.25) is 11.8 Å². The highest BCUT2D eigenvalue weighted by Gasteiger charge is 2.23. The fourth-order valence-electron chi connectivity index (χ4n) is 2.38. The summed E-state index contributed by atoms with van der Waals surface area (Å²) in [6.07, 6.45) is 0. The molecule has 0 saturated heterocycles. The number of hydrogen-bond donors (Lipinski definition) is 1. The van der Waals surface area contributed by atoms with Gasteiger partial charge in [-0.25, -0.2) is 4.39 Å². The zero-order valence-corrected chi connectivity index (χ0v) is 13.8. The van der Waals surface area contributed by atoms with Gasteiger partial charge in [0.05, 0.1) is 0 Å². The first kappa shape index (κ1) is 17.7. The summed E-state index contributed by atoms with van der Waals surface area (Å²) < 4.78 is 13.0. The van der Waals surface area contributed by atoms with E-state index in [0.29, 0.717) is 6.54 Å². The van der Waals surface area contributed by atoms with Gasteiger partial charge < -0.3 is 10.2 Å². The van der Waals surface area contributed by atoms with Crippen molar-refractivity contribution < 1.29 is 14.0 Å². The number of amides is 2. The van der Waals surface area contributed by atoms with Crippen LogP contribution in [0.15, 0.2) is 54.6 Å². The van der Waals surface area contributed by atoms with E-state index in [4.69, 9.17) is 0 Å². The highest BCUT2D eigenvalue weighted by atomic mass is 19.1. The molecule has 0 saturated carbocycles. The summed E-state index contributed by atoms with van der Waals surface area (Å²) >= 11 is 0. The minimum absolute atomic E-state index is 0.207. The molecular formula is C19H21FN2O2. The van der Waals surface area contributed by atoms with Crippen molar-refractivity contribution in [2.45, 2.75) is 33.0 Å². The van der Waals surface area contributed by atoms with Crippen molar-refractivity contribution in [1.82, 2.24) is 10.2 Å². The molecule has 0 aliphatic rings. The zero-order valence-electron chi connectivity index (χ0n) is 13.8. The van der Waals surface area contributed by atoms with Gasteiger partial charge in [-0.3, -0.25) is 9.59 Å². The van der Waals surface area contributed by atoms with Gasteiger partial charge in [0.1, 0.15) is 11.9 Å². The molecule has 2 aromatic carbocycles. The summed E-state index contributed by atoms with van der Waals surface area (Å²) in [5.74, 6) is -0.764. The fraction of sp³-hybridized carbons (Fsp3) is 0.263. The second kappa shape index (κ2) is 8.24. The Labute approximate surface area is 141 Å². The first-order valence-electron chi connectivity index (χ1n) is 7.80. The molecule has 0 aliphatic heterocycles. The standard InChI is InChI=1S/C19H21FN2O2/c1-14(19(24)21-12-16-6-4-3-5-7-16)22(15(2)23)13-17-8-10-18(20)11-9-17/h3-11,14H,12-13H2,1-2H3,(H,21,24)/t14-/m0/s1. The first-order valence-corrected chi connectivity index (χ1v) is 7.80. The molecule has 0 spiro atoms. The summed E-state index contributed by atoms with van der Waals surface area (Å²) in [5.41, 5.74) is 1.76. The molecule has 0 aliphatic carbocycles. The van der Waals surface area contributed by atoms with E-state index in [0.717, 1.165) is 11.1 Å². The van der Waals surface area contributed by atoms with Crippen LogP contribution >= 0.6 is 0 Å². The minimum Gasteiger partial charge on any atom is -0.350 e. The number of halogens is 1. The lowest BCUT2D eigenvalue weighted by atomic mass is 10.1. The van der Waals surface area contributed by atoms with E-state index < -0.39 is 6.04 Å². The Morgan fingerprint density at radius 2 is 1.67 bits per heavy atom. The average Bonchev–Trinajstić information content (AvgIpc) is 2.59. The maximum absolute atomic E-state index is 13.0. The third-order valence-corrected chi connectivity index (χ3v) is 3.83. The van der Waals surface area contributed by atoms with Gasteiger partial charge in [-0.2, -0.15) is 0 Å². The Kier molecular flexibility index (Phi) is 6.07. The Morgan fingerprint density at radius 1 is 1.04 bits per heavy atom. The van der Waals surface area contributed by atoms with Crippen LogP contribution < -0.4 is 5.32 Å². The smallest absolute Gasteiger partial charge is 0.242 e. The highest BCUT2D eigenvalue weighted by molar-refractivity contribution is 5.86. The third-order valence-electron chi connectivity index (χ3n) is 3.83. The van der Waals surface area contributed by atoms with E-state index in [1.807, 2.05) is 30.3 Å². The van der Waals surface area contributed by atoms with Crippen molar-refractivity contribution in [2.24, 2.45) is 0 Å². The lowest BCUT2D eigenvalue weighted by Crippen LogP contribution is -2.46. The lowest BCUT2D eigenvalue weighted by molar-refractivity contribution is -0.139. The lowest BCUT2D eigenvalue weighted by Gasteiger charge is -2.27. The van der Waals surface area contributed by atoms with Crippen LogP contribution in [0.3, 0.4) is 0 Å². The molecule has 1 N–H and O–H groups in total. The van der Waals surface area contributed by atoms with Crippen LogP contribution in [0.4, 0.5) is 4.39 Å². The predicted molar refractivity (Wildman–Crippen MR) is 90.4 cm³/mol. The maximum atomic E-state index is 13.0. The quantitative estimate of drug-likeness (QED) is 0.886. The Balaban J connectivity index is 1.99. The molecule has 0 unspecified atom stereocenters. The number of carbonyl (C=O) groups is 2. The van der Waals surface area contributed by atoms with E-state index in [1.54, 1.807) is 19.1 Å². The third kappa shape index (κ3) is 4.91. The van der Waals surface area contributed by atoms with Crippen molar-refractivity contribution in [2.75, 3.05) is 0 Å². The summed E-state index contributed by atoms with van der Waals surface area (Å²) in [4.78, 5) is 25.7. The monoisotopic (exact) mass is 328 g/mol. The Hall–Kier alpha value is -2.69. The number of nitrogens with zero attached hydrogens (tertiary/aromatic N) is 1. The number of benzene rings is 2. The normalized spacial score (nSPS) is 11.6. The molecular weight excluding hydrogens is 307 g/mol. The maximum Gasteiger partial charge on any atom is 0.242 e. The summed E-state index contributed by atoms with van der Waals surface area (Å²) in [6.45, 7) is 3.78. The van der Waals surface area contributed by atoms with Crippen LogP contribution in [0.25, 0.3) is 0 Å². The predicted octanol–water partition coefficient (Wildman–Crippen LogP) is 2.88. The first-order chi connectivity index (χ1) is 11.5. The molecule has 2 aromatic rings. The van der Waals surface area contributed by atoms with E-state index in [1.165, 1.54) is 24.0 Å². The van der Waals surface area contributed by atoms with Gasteiger partial charge in [0, 0.05) is 20.0 Å². The zero-order chi connectivity index (χ0) is 17.5. The van der Waals surface area contributed by atoms with E-state index in [2.05, 4.69) is 5.32 Å². The van der Waals surface area contributed by atoms with E-state index >= 15 is 0 Å². The van der Waals surface area contributed by atoms with Gasteiger partial charge in [-0.1, -0.05) is 42.5 Å². The van der Waals surface area contributed by atoms with Gasteiger partial charge in [0.25, 0.3) is 0 Å². The van der Waals surface area contributed by atoms with Crippen molar-refractivity contribution in [1.29, 1.82) is 0 Å². The molecule has 1 atom stereocenters. The molecule has 126 valence electrons. The molecule has 0 fully saturated rings. The van der Waals surface area contributed by atoms with E-state index in [9.17, 15) is 14.0 Å². The van der Waals surface area contributed by atoms with Gasteiger partial charge in [-0.15, -0.1) is 0 Å². The van der Waals surface area contributed by atoms with Crippen LogP contribution in [-0.4, -0.2) is 22.8 Å². The van der Waals surface area contributed by atoms with Gasteiger partial charge in [-0.05, 0) is 30.2 Å². The Morgan fingerprint density at radius 3 is 2.25 bits per heavy atom. The van der Waals surface area contributed by atoms with Gasteiger partial charge in [0.15, 0.2) is 0 Å². The van der Waals surface area contributed by atoms with Gasteiger partial charge >= 0.3 is 0 Å². The molecule has 4 nitrogen and oxygen atoms in total. The number of carbonyl (C=O) groups excluding carboxylic acids is 2. The topological polar surface area (TPSA) is 49.4 Å². The SMILES string of the molecule is CC(=O)N(Cc1ccc(F)cc1)[C@@H](C)C(=O)NCc1ccccc1. The van der Waals surface area contributed by atoms with Crippen LogP contribution in [0.5, 0.6) is 0 Å². The molecule has 0 heterocycles. The fourth-order valence-corrected chi connectivity index (χ4v) is 2.38. The van der Waals surface area contributed by atoms with Crippen LogP contribution in [0.1, 0.15) is 25.0 Å². The van der Waals surface area contributed by atoms with Crippen LogP contribution in [-0.2, 0) is 22.7 Å². The molecule has 2 amide bonds. The van der Waals surface area contributed by atoms with Crippen molar-refractivity contribution >= 4 is 11.8 Å². The van der Waals surface area contributed by atoms with E-state index in [-0.39, 0.29) is 24.2 Å². The molecule has 0 bridgehead atoms. The van der Waals surface area contributed by atoms with Crippen molar-refractivity contribution in [3.8, 4) is 0 Å². The summed E-state index contributed by atoms with van der Waals surface area (Å²) in [7, 11) is 0. The molecule has 0 radical (unpaired) electrons. The highest BCUT2D eigenvalue weighted by Crippen LogP contribution is 2.11. The second-order valence-corrected chi connectivity index (χ2v) is 5.65. The molecule has 24 heavy (non-hydrogen) atoms. The molecule has 2 rings (SSSR count). The van der Waals surface area contributed by atoms with Crippen LogP contribution in [0, 0.1) is 5.82 Å². The number of nitrogens with one attached hydrogen (secondary N) is 1. The largest absolute Gasteiger partial charge is 0.350 e. The summed E-state index contributed by atoms with van der Waals surface area (Å²) in [6, 6.07) is 14.9. The number of rotatable bonds is 6. The van der Waals surface area contributed by atoms with Crippen molar-refractivity contribution in [3.63, 3.8) is 0 Å². The Bertz CT molecular complexity index is 686.